The van der Waals surface area contributed by atoms with E-state index >= 15 is 0 Å². The Morgan fingerprint density at radius 1 is 1.29 bits per heavy atom. The Kier molecular flexibility index (Phi) is 4.10. The molecule has 1 unspecified atom stereocenters. The summed E-state index contributed by atoms with van der Waals surface area (Å²) in [5.74, 6) is 0.872. The quantitative estimate of drug-likeness (QED) is 0.850. The van der Waals surface area contributed by atoms with Crippen LogP contribution in [0.3, 0.4) is 0 Å². The first-order valence-corrected chi connectivity index (χ1v) is 7.73. The summed E-state index contributed by atoms with van der Waals surface area (Å²) in [5.41, 5.74) is 0. The lowest BCUT2D eigenvalue weighted by molar-refractivity contribution is -0.121. The smallest absolute Gasteiger partial charge is 0.242 e. The van der Waals surface area contributed by atoms with Gasteiger partial charge in [0.1, 0.15) is 6.04 Å². The lowest BCUT2D eigenvalue weighted by Gasteiger charge is -2.17. The van der Waals surface area contributed by atoms with Gasteiger partial charge in [0, 0.05) is 19.1 Å². The highest BCUT2D eigenvalue weighted by Crippen LogP contribution is 2.20. The predicted molar refractivity (Wildman–Crippen MR) is 80.5 cm³/mol. The van der Waals surface area contributed by atoms with Gasteiger partial charge in [0.2, 0.25) is 23.1 Å². The predicted octanol–water partition coefficient (Wildman–Crippen LogP) is 1.20. The first kappa shape index (κ1) is 14.3. The monoisotopic (exact) mass is 310 g/mol. The first-order valence-electron chi connectivity index (χ1n) is 7.35. The molecule has 0 radical (unpaired) electrons. The van der Waals surface area contributed by atoms with Gasteiger partial charge in [-0.3, -0.25) is 4.79 Å². The van der Waals surface area contributed by atoms with E-state index in [4.69, 9.17) is 11.6 Å². The molecule has 2 fully saturated rings. The molecule has 1 aliphatic heterocycles. The van der Waals surface area contributed by atoms with Crippen LogP contribution >= 0.6 is 11.6 Å². The zero-order chi connectivity index (χ0) is 14.8. The average Bonchev–Trinajstić information content (AvgIpc) is 3.08. The summed E-state index contributed by atoms with van der Waals surface area (Å²) in [6.45, 7) is 3.64. The van der Waals surface area contributed by atoms with Crippen molar-refractivity contribution in [3.8, 4) is 0 Å². The number of carbonyl (C=O) groups excluding carboxylic acids is 1. The Hall–Kier alpha value is -1.63. The lowest BCUT2D eigenvalue weighted by Crippen LogP contribution is -2.39. The van der Waals surface area contributed by atoms with Crippen molar-refractivity contribution in [2.24, 2.45) is 0 Å². The fourth-order valence-electron chi connectivity index (χ4n) is 2.28. The average molecular weight is 311 g/mol. The lowest BCUT2D eigenvalue weighted by atomic mass is 10.3. The third-order valence-corrected chi connectivity index (χ3v) is 3.82. The van der Waals surface area contributed by atoms with E-state index < -0.39 is 6.04 Å². The molecule has 0 bridgehead atoms. The van der Waals surface area contributed by atoms with E-state index in [1.54, 1.807) is 6.92 Å². The minimum absolute atomic E-state index is 0.0447. The minimum Gasteiger partial charge on any atom is -0.352 e. The van der Waals surface area contributed by atoms with Crippen molar-refractivity contribution in [2.75, 3.05) is 23.3 Å². The Morgan fingerprint density at radius 2 is 2.00 bits per heavy atom. The molecule has 0 spiro atoms. The number of anilines is 2. The van der Waals surface area contributed by atoms with Gasteiger partial charge in [0.25, 0.3) is 0 Å². The van der Waals surface area contributed by atoms with Crippen LogP contribution in [0, 0.1) is 0 Å². The molecule has 21 heavy (non-hydrogen) atoms. The molecular weight excluding hydrogens is 292 g/mol. The Bertz CT molecular complexity index is 529. The number of hydrogen-bond donors (Lipinski definition) is 2. The van der Waals surface area contributed by atoms with Gasteiger partial charge >= 0.3 is 0 Å². The number of nitrogens with one attached hydrogen (secondary N) is 2. The van der Waals surface area contributed by atoms with Gasteiger partial charge in [-0.1, -0.05) is 0 Å². The summed E-state index contributed by atoms with van der Waals surface area (Å²) >= 11 is 5.96. The molecule has 114 valence electrons. The van der Waals surface area contributed by atoms with E-state index in [1.807, 2.05) is 0 Å². The van der Waals surface area contributed by atoms with E-state index in [0.29, 0.717) is 17.9 Å². The van der Waals surface area contributed by atoms with E-state index in [0.717, 1.165) is 38.8 Å². The molecule has 2 aliphatic rings. The van der Waals surface area contributed by atoms with E-state index in [-0.39, 0.29) is 11.2 Å². The minimum atomic E-state index is -0.407. The summed E-state index contributed by atoms with van der Waals surface area (Å²) in [6, 6.07) is -0.0700. The van der Waals surface area contributed by atoms with Gasteiger partial charge in [-0.2, -0.15) is 15.0 Å². The fourth-order valence-corrected chi connectivity index (χ4v) is 2.43. The molecule has 0 aromatic carbocycles. The SMILES string of the molecule is CC(Nc1nc(Cl)nc(N2CCCC2)n1)C(=O)NC1CC1. The first-order chi connectivity index (χ1) is 10.1. The van der Waals surface area contributed by atoms with Crippen molar-refractivity contribution in [3.63, 3.8) is 0 Å². The summed E-state index contributed by atoms with van der Waals surface area (Å²) in [5, 5.41) is 6.08. The molecule has 3 rings (SSSR count). The van der Waals surface area contributed by atoms with Crippen LogP contribution in [0.2, 0.25) is 5.28 Å². The van der Waals surface area contributed by atoms with Crippen molar-refractivity contribution in [1.29, 1.82) is 0 Å². The summed E-state index contributed by atoms with van der Waals surface area (Å²) in [4.78, 5) is 26.6. The van der Waals surface area contributed by atoms with Crippen molar-refractivity contribution < 1.29 is 4.79 Å². The zero-order valence-corrected chi connectivity index (χ0v) is 12.7. The maximum absolute atomic E-state index is 11.9. The molecule has 7 nitrogen and oxygen atoms in total. The normalized spacial score (nSPS) is 19.4. The molecular formula is C13H19ClN6O. The molecule has 1 amide bonds. The largest absolute Gasteiger partial charge is 0.352 e. The standard InChI is InChI=1S/C13H19ClN6O/c1-8(10(21)16-9-4-5-9)15-12-17-11(14)18-13(19-12)20-6-2-3-7-20/h8-9H,2-7H2,1H3,(H,16,21)(H,15,17,18,19). The highest BCUT2D eigenvalue weighted by molar-refractivity contribution is 6.28. The van der Waals surface area contributed by atoms with Crippen LogP contribution in [0.5, 0.6) is 0 Å². The maximum atomic E-state index is 11.9. The molecule has 1 saturated carbocycles. The topological polar surface area (TPSA) is 83.0 Å². The molecule has 2 N–H and O–H groups in total. The number of halogens is 1. The highest BCUT2D eigenvalue weighted by atomic mass is 35.5. The molecule has 1 aliphatic carbocycles. The third kappa shape index (κ3) is 3.72. The summed E-state index contributed by atoms with van der Waals surface area (Å²) < 4.78 is 0. The van der Waals surface area contributed by atoms with Crippen molar-refractivity contribution in [3.05, 3.63) is 5.28 Å². The van der Waals surface area contributed by atoms with Gasteiger partial charge in [0.15, 0.2) is 0 Å². The fraction of sp³-hybridized carbons (Fsp3) is 0.692. The number of hydrogen-bond acceptors (Lipinski definition) is 6. The van der Waals surface area contributed by atoms with Crippen LogP contribution in [-0.4, -0.2) is 46.0 Å². The summed E-state index contributed by atoms with van der Waals surface area (Å²) in [6.07, 6.45) is 4.39. The van der Waals surface area contributed by atoms with Crippen LogP contribution in [0.15, 0.2) is 0 Å². The van der Waals surface area contributed by atoms with Gasteiger partial charge in [0.05, 0.1) is 0 Å². The third-order valence-electron chi connectivity index (χ3n) is 3.65. The van der Waals surface area contributed by atoms with Crippen molar-refractivity contribution >= 4 is 29.4 Å². The Morgan fingerprint density at radius 3 is 2.67 bits per heavy atom. The Balaban J connectivity index is 1.67. The number of nitrogens with zero attached hydrogens (tertiary/aromatic N) is 4. The van der Waals surface area contributed by atoms with Crippen LogP contribution in [-0.2, 0) is 4.79 Å². The molecule has 1 saturated heterocycles. The van der Waals surface area contributed by atoms with Crippen LogP contribution < -0.4 is 15.5 Å². The number of carbonyl (C=O) groups is 1. The second-order valence-corrected chi connectivity index (χ2v) is 5.91. The van der Waals surface area contributed by atoms with Gasteiger partial charge in [-0.15, -0.1) is 0 Å². The van der Waals surface area contributed by atoms with E-state index in [2.05, 4.69) is 30.5 Å². The van der Waals surface area contributed by atoms with Crippen molar-refractivity contribution in [1.82, 2.24) is 20.3 Å². The van der Waals surface area contributed by atoms with E-state index in [1.165, 1.54) is 0 Å². The molecule has 2 heterocycles. The van der Waals surface area contributed by atoms with Gasteiger partial charge < -0.3 is 15.5 Å². The number of aromatic nitrogens is 3. The second-order valence-electron chi connectivity index (χ2n) is 5.57. The van der Waals surface area contributed by atoms with Gasteiger partial charge in [-0.25, -0.2) is 0 Å². The van der Waals surface area contributed by atoms with Crippen LogP contribution in [0.4, 0.5) is 11.9 Å². The summed E-state index contributed by atoms with van der Waals surface area (Å²) in [7, 11) is 0. The van der Waals surface area contributed by atoms with Crippen LogP contribution in [0.25, 0.3) is 0 Å². The number of rotatable bonds is 5. The zero-order valence-electron chi connectivity index (χ0n) is 12.0. The molecule has 8 heteroatoms. The second kappa shape index (κ2) is 6.01. The van der Waals surface area contributed by atoms with Crippen LogP contribution in [0.1, 0.15) is 32.6 Å². The van der Waals surface area contributed by atoms with Gasteiger partial charge in [-0.05, 0) is 44.2 Å². The molecule has 1 aromatic rings. The highest BCUT2D eigenvalue weighted by Gasteiger charge is 2.26. The maximum Gasteiger partial charge on any atom is 0.242 e. The van der Waals surface area contributed by atoms with E-state index in [9.17, 15) is 4.79 Å². The number of amides is 1. The molecule has 1 atom stereocenters. The Labute approximate surface area is 128 Å². The van der Waals surface area contributed by atoms with Crippen molar-refractivity contribution in [2.45, 2.75) is 44.7 Å². The molecule has 1 aromatic heterocycles.